The summed E-state index contributed by atoms with van der Waals surface area (Å²) in [5.41, 5.74) is 1.09. The van der Waals surface area contributed by atoms with E-state index in [0.29, 0.717) is 0 Å². The van der Waals surface area contributed by atoms with Gasteiger partial charge in [-0.15, -0.1) is 0 Å². The second-order valence-corrected chi connectivity index (χ2v) is 11.9. The first-order valence-electron chi connectivity index (χ1n) is 7.51. The van der Waals surface area contributed by atoms with Gasteiger partial charge in [-0.3, -0.25) is 9.63 Å². The third-order valence-electron chi connectivity index (χ3n) is 4.56. The molecule has 0 radical (unpaired) electrons. The molecule has 0 bridgehead atoms. The molecule has 0 aromatic rings. The molecule has 0 heterocycles. The fraction of sp³-hybridized carbons (Fsp3) is 0.812. The van der Waals surface area contributed by atoms with E-state index in [1.807, 2.05) is 26.8 Å². The zero-order chi connectivity index (χ0) is 17.0. The molecule has 0 aliphatic carbocycles. The summed E-state index contributed by atoms with van der Waals surface area (Å²) in [6.45, 7) is 16.9. The van der Waals surface area contributed by atoms with Crippen LogP contribution in [0.4, 0.5) is 0 Å². The minimum atomic E-state index is -1.95. The topological polar surface area (TPSA) is 38.8 Å². The second kappa shape index (κ2) is 7.56. The summed E-state index contributed by atoms with van der Waals surface area (Å²) in [6, 6.07) is 0. The van der Waals surface area contributed by atoms with Gasteiger partial charge in [0, 0.05) is 7.05 Å². The molecule has 0 aliphatic rings. The Balaban J connectivity index is 5.39. The monoisotopic (exact) mass is 315 g/mol. The van der Waals surface area contributed by atoms with Crippen molar-refractivity contribution in [3.63, 3.8) is 0 Å². The Bertz CT molecular complexity index is 385. The first kappa shape index (κ1) is 20.3. The number of hydrogen-bond donors (Lipinski definition) is 0. The molecule has 21 heavy (non-hydrogen) atoms. The van der Waals surface area contributed by atoms with E-state index in [-0.39, 0.29) is 23.0 Å². The van der Waals surface area contributed by atoms with E-state index >= 15 is 0 Å². The van der Waals surface area contributed by atoms with Crippen LogP contribution in [0.5, 0.6) is 0 Å². The molecule has 5 heteroatoms. The molecule has 0 fully saturated rings. The van der Waals surface area contributed by atoms with Crippen molar-refractivity contribution in [2.24, 2.45) is 5.92 Å². The number of hydrogen-bond acceptors (Lipinski definition) is 3. The Morgan fingerprint density at radius 3 is 2.10 bits per heavy atom. The standard InChI is InChI=1S/C16H33NO3Si/c1-11-12(2)14(13(3)15(18)17(7)19-8)20-21(9,10)16(4,5)6/h11,13-14H,1-10H3/b12-11+/t13-,14-/m0/s1. The van der Waals surface area contributed by atoms with Crippen molar-refractivity contribution in [2.45, 2.75) is 65.8 Å². The van der Waals surface area contributed by atoms with Crippen LogP contribution in [-0.4, -0.2) is 39.5 Å². The summed E-state index contributed by atoms with van der Waals surface area (Å²) in [5, 5.41) is 1.38. The number of carbonyl (C=O) groups is 1. The summed E-state index contributed by atoms with van der Waals surface area (Å²) in [7, 11) is 1.18. The molecular formula is C16H33NO3Si. The van der Waals surface area contributed by atoms with Crippen molar-refractivity contribution in [1.29, 1.82) is 0 Å². The maximum absolute atomic E-state index is 12.4. The van der Waals surface area contributed by atoms with E-state index in [9.17, 15) is 4.79 Å². The molecule has 0 saturated carbocycles. The second-order valence-electron chi connectivity index (χ2n) is 7.14. The van der Waals surface area contributed by atoms with Gasteiger partial charge >= 0.3 is 0 Å². The largest absolute Gasteiger partial charge is 0.409 e. The third-order valence-corrected chi connectivity index (χ3v) is 9.02. The minimum absolute atomic E-state index is 0.0672. The lowest BCUT2D eigenvalue weighted by molar-refractivity contribution is -0.175. The fourth-order valence-corrected chi connectivity index (χ4v) is 3.13. The Morgan fingerprint density at radius 2 is 1.76 bits per heavy atom. The molecule has 0 rings (SSSR count). The average Bonchev–Trinajstić information content (AvgIpc) is 2.40. The molecule has 0 aromatic heterocycles. The highest BCUT2D eigenvalue weighted by Gasteiger charge is 2.41. The number of allylic oxidation sites excluding steroid dienone is 1. The van der Waals surface area contributed by atoms with E-state index in [1.54, 1.807) is 7.05 Å². The van der Waals surface area contributed by atoms with Gasteiger partial charge < -0.3 is 4.43 Å². The lowest BCUT2D eigenvalue weighted by atomic mass is 9.97. The number of carbonyl (C=O) groups excluding carboxylic acids is 1. The Morgan fingerprint density at radius 1 is 1.29 bits per heavy atom. The van der Waals surface area contributed by atoms with Gasteiger partial charge in [-0.25, -0.2) is 5.06 Å². The lowest BCUT2D eigenvalue weighted by Gasteiger charge is -2.41. The summed E-state index contributed by atoms with van der Waals surface area (Å²) in [4.78, 5) is 17.4. The molecular weight excluding hydrogens is 282 g/mol. The van der Waals surface area contributed by atoms with Gasteiger partial charge in [-0.1, -0.05) is 33.8 Å². The van der Waals surface area contributed by atoms with Crippen LogP contribution in [0.1, 0.15) is 41.5 Å². The number of amides is 1. The Hall–Kier alpha value is -0.653. The van der Waals surface area contributed by atoms with Crippen molar-refractivity contribution < 1.29 is 14.1 Å². The van der Waals surface area contributed by atoms with Crippen LogP contribution in [0.25, 0.3) is 0 Å². The normalized spacial score (nSPS) is 16.6. The van der Waals surface area contributed by atoms with E-state index in [1.165, 1.54) is 12.2 Å². The quantitative estimate of drug-likeness (QED) is 0.422. The molecule has 0 saturated heterocycles. The summed E-state index contributed by atoms with van der Waals surface area (Å²) in [5.74, 6) is -0.345. The first-order chi connectivity index (χ1) is 9.39. The zero-order valence-electron chi connectivity index (χ0n) is 15.4. The molecule has 0 spiro atoms. The highest BCUT2D eigenvalue weighted by Crippen LogP contribution is 2.39. The van der Waals surface area contributed by atoms with E-state index in [0.717, 1.165) is 5.57 Å². The van der Waals surface area contributed by atoms with Crippen LogP contribution in [0.15, 0.2) is 11.6 Å². The summed E-state index contributed by atoms with van der Waals surface area (Å²) >= 11 is 0. The molecule has 0 aromatic carbocycles. The highest BCUT2D eigenvalue weighted by atomic mass is 28.4. The van der Waals surface area contributed by atoms with Crippen LogP contribution >= 0.6 is 0 Å². The molecule has 1 amide bonds. The summed E-state index contributed by atoms with van der Waals surface area (Å²) < 4.78 is 6.50. The number of rotatable bonds is 6. The number of nitrogens with zero attached hydrogens (tertiary/aromatic N) is 1. The predicted octanol–water partition coefficient (Wildman–Crippen LogP) is 4.00. The van der Waals surface area contributed by atoms with Gasteiger partial charge in [0.15, 0.2) is 8.32 Å². The van der Waals surface area contributed by atoms with E-state index in [2.05, 4.69) is 33.9 Å². The molecule has 2 atom stereocenters. The maximum atomic E-state index is 12.4. The zero-order valence-corrected chi connectivity index (χ0v) is 16.4. The van der Waals surface area contributed by atoms with Gasteiger partial charge in [0.25, 0.3) is 5.91 Å². The van der Waals surface area contributed by atoms with E-state index < -0.39 is 8.32 Å². The van der Waals surface area contributed by atoms with Crippen molar-refractivity contribution in [3.05, 3.63) is 11.6 Å². The molecule has 0 N–H and O–H groups in total. The molecule has 0 aliphatic heterocycles. The molecule has 4 nitrogen and oxygen atoms in total. The van der Waals surface area contributed by atoms with Crippen molar-refractivity contribution in [2.75, 3.05) is 14.2 Å². The van der Waals surface area contributed by atoms with Gasteiger partial charge in [-0.2, -0.15) is 0 Å². The number of hydroxylamine groups is 2. The molecule has 0 unspecified atom stereocenters. The first-order valence-corrected chi connectivity index (χ1v) is 10.4. The van der Waals surface area contributed by atoms with Crippen LogP contribution in [0.3, 0.4) is 0 Å². The maximum Gasteiger partial charge on any atom is 0.251 e. The van der Waals surface area contributed by atoms with E-state index in [4.69, 9.17) is 9.26 Å². The van der Waals surface area contributed by atoms with Gasteiger partial charge in [-0.05, 0) is 37.6 Å². The van der Waals surface area contributed by atoms with Crippen LogP contribution in [0, 0.1) is 5.92 Å². The van der Waals surface area contributed by atoms with Gasteiger partial charge in [0.05, 0.1) is 19.1 Å². The Labute approximate surface area is 131 Å². The van der Waals surface area contributed by atoms with Gasteiger partial charge in [0.1, 0.15) is 0 Å². The third kappa shape index (κ3) is 5.24. The van der Waals surface area contributed by atoms with Gasteiger partial charge in [0.2, 0.25) is 0 Å². The SMILES string of the molecule is C/C=C(\C)[C@H](O[Si](C)(C)C(C)(C)C)[C@H](C)C(=O)N(C)OC. The smallest absolute Gasteiger partial charge is 0.251 e. The lowest BCUT2D eigenvalue weighted by Crippen LogP contribution is -2.48. The molecule has 124 valence electrons. The van der Waals surface area contributed by atoms with Crippen molar-refractivity contribution >= 4 is 14.2 Å². The minimum Gasteiger partial charge on any atom is -0.409 e. The van der Waals surface area contributed by atoms with Crippen LogP contribution in [-0.2, 0) is 14.1 Å². The fourth-order valence-electron chi connectivity index (χ4n) is 1.75. The summed E-state index contributed by atoms with van der Waals surface area (Å²) in [6.07, 6.45) is 1.81. The predicted molar refractivity (Wildman–Crippen MR) is 90.4 cm³/mol. The van der Waals surface area contributed by atoms with Crippen molar-refractivity contribution in [1.82, 2.24) is 5.06 Å². The van der Waals surface area contributed by atoms with Crippen LogP contribution < -0.4 is 0 Å². The van der Waals surface area contributed by atoms with Crippen molar-refractivity contribution in [3.8, 4) is 0 Å². The van der Waals surface area contributed by atoms with Crippen LogP contribution in [0.2, 0.25) is 18.1 Å². The Kier molecular flexibility index (Phi) is 7.33. The average molecular weight is 316 g/mol. The highest BCUT2D eigenvalue weighted by molar-refractivity contribution is 6.74.